The molecule has 1 spiro atoms. The first-order valence-corrected chi connectivity index (χ1v) is 31.4. The second-order valence-corrected chi connectivity index (χ2v) is 26.2. The van der Waals surface area contributed by atoms with Crippen LogP contribution in [0.1, 0.15) is 123 Å². The number of carbonyl (C=O) groups is 2. The number of nitrogens with two attached hydrogens (primary N) is 3. The van der Waals surface area contributed by atoms with Crippen LogP contribution in [0.5, 0.6) is 5.75 Å². The lowest BCUT2D eigenvalue weighted by Crippen LogP contribution is -2.59. The van der Waals surface area contributed by atoms with E-state index in [2.05, 4.69) is 40.1 Å². The van der Waals surface area contributed by atoms with Gasteiger partial charge in [0.1, 0.15) is 24.1 Å². The minimum Gasteiger partial charge on any atom is -0.508 e. The van der Waals surface area contributed by atoms with Gasteiger partial charge in [-0.05, 0) is 152 Å². The summed E-state index contributed by atoms with van der Waals surface area (Å²) in [5.74, 6) is 5.58. The Morgan fingerprint density at radius 2 is 1.74 bits per heavy atom. The molecule has 2 aliphatic carbocycles. The maximum Gasteiger partial charge on any atom is 0.243 e. The molecule has 438 valence electrons. The van der Waals surface area contributed by atoms with Gasteiger partial charge in [0, 0.05) is 54.7 Å². The van der Waals surface area contributed by atoms with E-state index in [0.717, 1.165) is 40.0 Å². The van der Waals surface area contributed by atoms with Crippen LogP contribution in [0.15, 0.2) is 130 Å². The average molecular weight is 1160 g/mol. The van der Waals surface area contributed by atoms with Crippen LogP contribution in [-0.2, 0) is 33.6 Å². The van der Waals surface area contributed by atoms with Crippen LogP contribution >= 0.6 is 21.6 Å². The van der Waals surface area contributed by atoms with Crippen LogP contribution in [0, 0.1) is 35.0 Å². The number of ketones is 1. The standard InChI is InChI=1S/C65H82N6O9S2/c1-38-8-4-13-45(36-80-48-14-6-9-40(16-23-55(38)74)26-29-81-82-37-48)50-25-28-65(60(50)77)54-22-21-47(73)31-41-10-5-11-42(30-41)32-52(53(34-70-63(67)68)43-17-19-46(72)20-18-43)57(76)35-69-59-58-44(12-7-15-51(58)61(66)71-62(59)78)33-56(75)39(2)49(54)24-27-64(65,3)79/h4-5,7-8,10-13,15-20,30,47-48,50,52-55,57,59-61,69,72-74,76-77,79H,1,9,21-29,31-37,66H2,2-3H3,(H,71,78)(H4,67,68,70). The Bertz CT molecular complexity index is 3050. The van der Waals surface area contributed by atoms with Crippen molar-refractivity contribution in [1.82, 2.24) is 10.6 Å². The zero-order chi connectivity index (χ0) is 58.3. The molecule has 9 rings (SSSR count). The van der Waals surface area contributed by atoms with Crippen LogP contribution < -0.4 is 27.8 Å². The summed E-state index contributed by atoms with van der Waals surface area (Å²) in [5.41, 5.74) is 24.1. The maximum atomic E-state index is 15.2. The molecule has 17 heteroatoms. The number of aromatic hydroxyl groups is 1. The van der Waals surface area contributed by atoms with Crippen LogP contribution in [0.4, 0.5) is 0 Å². The van der Waals surface area contributed by atoms with E-state index in [1.807, 2.05) is 68.5 Å². The van der Waals surface area contributed by atoms with Gasteiger partial charge in [-0.1, -0.05) is 130 Å². The number of aliphatic hydroxyl groups is 5. The fourth-order valence-corrected chi connectivity index (χ4v) is 16.0. The van der Waals surface area contributed by atoms with Crippen molar-refractivity contribution in [2.45, 2.75) is 145 Å². The molecule has 2 saturated carbocycles. The molecule has 4 aliphatic heterocycles. The van der Waals surface area contributed by atoms with Crippen molar-refractivity contribution in [2.24, 2.45) is 45.4 Å². The molecule has 1 amide bonds. The lowest BCUT2D eigenvalue weighted by atomic mass is 9.52. The number of aliphatic imine (C=N–C) groups is 1. The number of phenols is 1. The number of β-amino-alcohol motifs (C(OH)–C–C–N with tert-alkyl or cyclic N) is 1. The highest BCUT2D eigenvalue weighted by Gasteiger charge is 2.64. The monoisotopic (exact) mass is 1150 g/mol. The quantitative estimate of drug-likeness (QED) is 0.0416. The fourth-order valence-electron chi connectivity index (χ4n) is 13.9. The van der Waals surface area contributed by atoms with Gasteiger partial charge in [0.2, 0.25) is 5.91 Å². The lowest BCUT2D eigenvalue weighted by Gasteiger charge is -2.56. The summed E-state index contributed by atoms with van der Waals surface area (Å²) < 4.78 is 6.67. The Hall–Kier alpha value is -5.49. The predicted octanol–water partition coefficient (Wildman–Crippen LogP) is 6.72. The molecule has 2 fully saturated rings. The van der Waals surface area contributed by atoms with E-state index >= 15 is 4.79 Å². The van der Waals surface area contributed by atoms with Crippen LogP contribution in [0.25, 0.3) is 0 Å². The molecule has 15 nitrogen and oxygen atoms in total. The van der Waals surface area contributed by atoms with Crippen molar-refractivity contribution in [2.75, 3.05) is 31.2 Å². The minimum absolute atomic E-state index is 0.0618. The molecule has 13 atom stereocenters. The van der Waals surface area contributed by atoms with Gasteiger partial charge in [0.05, 0.1) is 36.6 Å². The van der Waals surface area contributed by atoms with Gasteiger partial charge in [-0.3, -0.25) is 19.9 Å². The molecule has 3 aromatic carbocycles. The molecule has 0 radical (unpaired) electrons. The summed E-state index contributed by atoms with van der Waals surface area (Å²) in [5, 5.41) is 78.8. The molecular formula is C65H82N6O9S2. The molecule has 4 bridgehead atoms. The number of nitrogens with one attached hydrogen (secondary N) is 2. The van der Waals surface area contributed by atoms with Crippen LogP contribution in [0.3, 0.4) is 0 Å². The Kier molecular flexibility index (Phi) is 20.1. The topological polar surface area (TPSA) is 279 Å². The van der Waals surface area contributed by atoms with E-state index in [4.69, 9.17) is 21.9 Å². The Morgan fingerprint density at radius 3 is 2.52 bits per heavy atom. The number of benzene rings is 3. The van der Waals surface area contributed by atoms with Gasteiger partial charge < -0.3 is 57.9 Å². The highest BCUT2D eigenvalue weighted by atomic mass is 33.1. The van der Waals surface area contributed by atoms with Crippen LogP contribution in [-0.4, -0.2) is 116 Å². The number of guanidine groups is 1. The van der Waals surface area contributed by atoms with Gasteiger partial charge in [0.25, 0.3) is 0 Å². The number of hydrogen-bond donors (Lipinski definition) is 11. The molecular weight excluding hydrogens is 1070 g/mol. The Morgan fingerprint density at radius 1 is 0.976 bits per heavy atom. The van der Waals surface area contributed by atoms with Crippen LogP contribution in [0.2, 0.25) is 0 Å². The summed E-state index contributed by atoms with van der Waals surface area (Å²) in [6.07, 6.45) is 7.24. The largest absolute Gasteiger partial charge is 0.508 e. The normalized spacial score (nSPS) is 32.1. The van der Waals surface area contributed by atoms with Crippen molar-refractivity contribution < 1.29 is 45.0 Å². The fraction of sp³-hybridized carbons (Fsp3) is 0.492. The Labute approximate surface area is 490 Å². The number of ether oxygens (including phenoxy) is 1. The number of fused-ring (bicyclic) bond motifs is 7. The summed E-state index contributed by atoms with van der Waals surface area (Å²) in [7, 11) is 3.50. The number of aliphatic hydroxyl groups excluding tert-OH is 4. The second kappa shape index (κ2) is 27.0. The van der Waals surface area contributed by atoms with Gasteiger partial charge in [0.15, 0.2) is 11.7 Å². The third kappa shape index (κ3) is 13.8. The number of Topliss-reactive ketones (excluding diaryl/α,β-unsaturated/α-hetero) is 1. The van der Waals surface area contributed by atoms with E-state index in [-0.39, 0.29) is 69.0 Å². The molecule has 4 heterocycles. The first-order chi connectivity index (χ1) is 39.3. The third-order valence-electron chi connectivity index (χ3n) is 18.4. The number of allylic oxidation sites excluding steroid dienone is 5. The zero-order valence-corrected chi connectivity index (χ0v) is 48.8. The SMILES string of the molecule is C=C1C=CC=C(C2CCC3(C4CCC(O)Cc5cccc(c5)CC(C(CN=C(N)N)c5ccc(O)cc5)C(O)CNC5C(=O)NC(N)c6cccc(c65)CC(=O)C(C)=C4CCC3(C)O)C2O)COC2C#CCC(=CCC1O)CCSSC2. The Balaban J connectivity index is 1.11. The van der Waals surface area contributed by atoms with Crippen molar-refractivity contribution in [3.05, 3.63) is 159 Å². The van der Waals surface area contributed by atoms with Crippen molar-refractivity contribution in [3.8, 4) is 17.6 Å². The van der Waals surface area contributed by atoms with Crippen molar-refractivity contribution >= 4 is 39.2 Å². The second-order valence-electron chi connectivity index (χ2n) is 23.6. The van der Waals surface area contributed by atoms with Gasteiger partial charge in [-0.2, -0.15) is 0 Å². The average Bonchev–Trinajstić information content (AvgIpc) is 1.81. The first-order valence-electron chi connectivity index (χ1n) is 28.9. The van der Waals surface area contributed by atoms with E-state index in [0.29, 0.717) is 78.5 Å². The number of nitrogens with zero attached hydrogens (tertiary/aromatic N) is 1. The summed E-state index contributed by atoms with van der Waals surface area (Å²) in [4.78, 5) is 33.9. The molecule has 13 unspecified atom stereocenters. The number of phenolic OH excluding ortho intramolecular Hbond substituents is 1. The first kappa shape index (κ1) is 61.1. The number of rotatable bonds is 5. The van der Waals surface area contributed by atoms with Gasteiger partial charge in [-0.15, -0.1) is 0 Å². The van der Waals surface area contributed by atoms with E-state index < -0.39 is 77.2 Å². The zero-order valence-electron chi connectivity index (χ0n) is 47.1. The van der Waals surface area contributed by atoms with Crippen molar-refractivity contribution in [3.63, 3.8) is 0 Å². The third-order valence-corrected chi connectivity index (χ3v) is 20.8. The number of hydrogen-bond acceptors (Lipinski definition) is 14. The lowest BCUT2D eigenvalue weighted by molar-refractivity contribution is -0.168. The molecule has 0 aromatic heterocycles. The van der Waals surface area contributed by atoms with Crippen molar-refractivity contribution in [1.29, 1.82) is 0 Å². The highest BCUT2D eigenvalue weighted by molar-refractivity contribution is 8.76. The summed E-state index contributed by atoms with van der Waals surface area (Å²) in [6, 6.07) is 19.1. The minimum atomic E-state index is -1.40. The van der Waals surface area contributed by atoms with E-state index in [1.165, 1.54) is 5.57 Å². The maximum absolute atomic E-state index is 15.2. The molecule has 0 saturated heterocycles. The molecule has 82 heavy (non-hydrogen) atoms. The predicted molar refractivity (Wildman–Crippen MR) is 325 cm³/mol. The highest BCUT2D eigenvalue weighted by Crippen LogP contribution is 2.63. The molecule has 14 N–H and O–H groups in total. The summed E-state index contributed by atoms with van der Waals surface area (Å²) in [6.45, 7) is 8.05. The number of carbonyl (C=O) groups excluding carboxylic acids is 2. The van der Waals surface area contributed by atoms with E-state index in [1.54, 1.807) is 51.9 Å². The smallest absolute Gasteiger partial charge is 0.243 e. The summed E-state index contributed by atoms with van der Waals surface area (Å²) >= 11 is 0. The molecule has 3 aromatic rings. The van der Waals surface area contributed by atoms with E-state index in [9.17, 15) is 35.4 Å². The molecule has 6 aliphatic rings. The van der Waals surface area contributed by atoms with Gasteiger partial charge >= 0.3 is 0 Å². The number of amides is 1. The van der Waals surface area contributed by atoms with Gasteiger partial charge in [-0.25, -0.2) is 0 Å².